The van der Waals surface area contributed by atoms with Crippen molar-refractivity contribution in [2.24, 2.45) is 5.92 Å². The van der Waals surface area contributed by atoms with E-state index in [9.17, 15) is 4.79 Å². The molecule has 0 bridgehead atoms. The molecule has 0 aromatic rings. The Balaban J connectivity index is 1.81. The molecule has 0 saturated heterocycles. The van der Waals surface area contributed by atoms with Gasteiger partial charge in [-0.05, 0) is 31.7 Å². The Bertz CT molecular complexity index is 167. The molecule has 1 fully saturated rings. The van der Waals surface area contributed by atoms with E-state index >= 15 is 0 Å². The minimum atomic E-state index is 0.134. The number of hydrogen-bond acceptors (Lipinski definition) is 2. The minimum Gasteiger partial charge on any atom is -0.355 e. The van der Waals surface area contributed by atoms with Crippen LogP contribution in [0.4, 0.5) is 0 Å². The zero-order valence-electron chi connectivity index (χ0n) is 9.14. The SMILES string of the molecule is CCCNCC(=O)NCCCC1CC1. The van der Waals surface area contributed by atoms with Crippen LogP contribution < -0.4 is 10.6 Å². The first kappa shape index (κ1) is 11.5. The summed E-state index contributed by atoms with van der Waals surface area (Å²) in [5.41, 5.74) is 0. The average molecular weight is 198 g/mol. The third-order valence-corrected chi connectivity index (χ3v) is 2.52. The Morgan fingerprint density at radius 1 is 1.36 bits per heavy atom. The molecular weight excluding hydrogens is 176 g/mol. The average Bonchev–Trinajstić information content (AvgIpc) is 2.97. The van der Waals surface area contributed by atoms with Gasteiger partial charge in [0.15, 0.2) is 0 Å². The zero-order valence-corrected chi connectivity index (χ0v) is 9.14. The van der Waals surface area contributed by atoms with Crippen LogP contribution in [0.25, 0.3) is 0 Å². The number of rotatable bonds is 8. The monoisotopic (exact) mass is 198 g/mol. The van der Waals surface area contributed by atoms with E-state index in [1.54, 1.807) is 0 Å². The van der Waals surface area contributed by atoms with Crippen molar-refractivity contribution < 1.29 is 4.79 Å². The van der Waals surface area contributed by atoms with Crippen molar-refractivity contribution in [3.63, 3.8) is 0 Å². The second kappa shape index (κ2) is 6.82. The van der Waals surface area contributed by atoms with E-state index in [-0.39, 0.29) is 5.91 Å². The highest BCUT2D eigenvalue weighted by Gasteiger charge is 2.19. The maximum atomic E-state index is 11.2. The molecule has 3 heteroatoms. The van der Waals surface area contributed by atoms with E-state index in [4.69, 9.17) is 0 Å². The summed E-state index contributed by atoms with van der Waals surface area (Å²) in [7, 11) is 0. The number of nitrogens with one attached hydrogen (secondary N) is 2. The van der Waals surface area contributed by atoms with Crippen LogP contribution in [0, 0.1) is 5.92 Å². The lowest BCUT2D eigenvalue weighted by Gasteiger charge is -2.05. The summed E-state index contributed by atoms with van der Waals surface area (Å²) in [6.07, 6.45) is 6.33. The summed E-state index contributed by atoms with van der Waals surface area (Å²) in [5.74, 6) is 1.11. The fraction of sp³-hybridized carbons (Fsp3) is 0.909. The fourth-order valence-electron chi connectivity index (χ4n) is 1.47. The van der Waals surface area contributed by atoms with E-state index in [0.717, 1.165) is 31.8 Å². The Kier molecular flexibility index (Phi) is 5.60. The normalized spacial score (nSPS) is 15.5. The van der Waals surface area contributed by atoms with Crippen molar-refractivity contribution in [1.82, 2.24) is 10.6 Å². The summed E-state index contributed by atoms with van der Waals surface area (Å²) < 4.78 is 0. The van der Waals surface area contributed by atoms with Gasteiger partial charge < -0.3 is 10.6 Å². The maximum Gasteiger partial charge on any atom is 0.233 e. The molecule has 0 aromatic carbocycles. The highest BCUT2D eigenvalue weighted by Crippen LogP contribution is 2.33. The van der Waals surface area contributed by atoms with E-state index in [0.29, 0.717) is 6.54 Å². The third-order valence-electron chi connectivity index (χ3n) is 2.52. The predicted molar refractivity (Wildman–Crippen MR) is 58.1 cm³/mol. The minimum absolute atomic E-state index is 0.134. The molecule has 0 radical (unpaired) electrons. The quantitative estimate of drug-likeness (QED) is 0.577. The topological polar surface area (TPSA) is 41.1 Å². The Labute approximate surface area is 86.6 Å². The molecule has 0 aromatic heterocycles. The molecule has 82 valence electrons. The van der Waals surface area contributed by atoms with Gasteiger partial charge in [-0.25, -0.2) is 0 Å². The van der Waals surface area contributed by atoms with Crippen LogP contribution in [0.2, 0.25) is 0 Å². The van der Waals surface area contributed by atoms with Crippen molar-refractivity contribution >= 4 is 5.91 Å². The van der Waals surface area contributed by atoms with Gasteiger partial charge >= 0.3 is 0 Å². The van der Waals surface area contributed by atoms with Crippen LogP contribution in [0.1, 0.15) is 39.0 Å². The first-order valence-electron chi connectivity index (χ1n) is 5.80. The molecule has 3 nitrogen and oxygen atoms in total. The molecule has 14 heavy (non-hydrogen) atoms. The first-order chi connectivity index (χ1) is 6.83. The van der Waals surface area contributed by atoms with Gasteiger partial charge in [0.05, 0.1) is 6.54 Å². The maximum absolute atomic E-state index is 11.2. The van der Waals surface area contributed by atoms with Gasteiger partial charge in [0.25, 0.3) is 0 Å². The van der Waals surface area contributed by atoms with Gasteiger partial charge in [-0.15, -0.1) is 0 Å². The number of hydrogen-bond donors (Lipinski definition) is 2. The molecule has 1 saturated carbocycles. The molecule has 0 atom stereocenters. The van der Waals surface area contributed by atoms with Crippen molar-refractivity contribution in [3.8, 4) is 0 Å². The van der Waals surface area contributed by atoms with Gasteiger partial charge in [0, 0.05) is 6.54 Å². The molecule has 1 rings (SSSR count). The van der Waals surface area contributed by atoms with Crippen molar-refractivity contribution in [1.29, 1.82) is 0 Å². The molecule has 1 amide bonds. The number of amides is 1. The van der Waals surface area contributed by atoms with E-state index in [1.165, 1.54) is 19.3 Å². The second-order valence-electron chi connectivity index (χ2n) is 4.11. The van der Waals surface area contributed by atoms with Gasteiger partial charge in [0.2, 0.25) is 5.91 Å². The summed E-state index contributed by atoms with van der Waals surface area (Å²) in [6, 6.07) is 0. The van der Waals surface area contributed by atoms with Crippen molar-refractivity contribution in [2.45, 2.75) is 39.0 Å². The van der Waals surface area contributed by atoms with Crippen LogP contribution in [0.3, 0.4) is 0 Å². The third kappa shape index (κ3) is 5.97. The van der Waals surface area contributed by atoms with Gasteiger partial charge in [0.1, 0.15) is 0 Å². The lowest BCUT2D eigenvalue weighted by molar-refractivity contribution is -0.120. The molecule has 1 aliphatic carbocycles. The molecule has 2 N–H and O–H groups in total. The fourth-order valence-corrected chi connectivity index (χ4v) is 1.47. The number of carbonyl (C=O) groups is 1. The number of carbonyl (C=O) groups excluding carboxylic acids is 1. The summed E-state index contributed by atoms with van der Waals surface area (Å²) >= 11 is 0. The molecular formula is C11H22N2O. The standard InChI is InChI=1S/C11H22N2O/c1-2-7-12-9-11(14)13-8-3-4-10-5-6-10/h10,12H,2-9H2,1H3,(H,13,14). The molecule has 1 aliphatic rings. The van der Waals surface area contributed by atoms with Crippen molar-refractivity contribution in [2.75, 3.05) is 19.6 Å². The van der Waals surface area contributed by atoms with Gasteiger partial charge in [-0.1, -0.05) is 19.8 Å². The second-order valence-corrected chi connectivity index (χ2v) is 4.11. The van der Waals surface area contributed by atoms with Crippen LogP contribution in [-0.4, -0.2) is 25.5 Å². The molecule has 0 unspecified atom stereocenters. The van der Waals surface area contributed by atoms with Crippen LogP contribution >= 0.6 is 0 Å². The summed E-state index contributed by atoms with van der Waals surface area (Å²) in [4.78, 5) is 11.2. The largest absolute Gasteiger partial charge is 0.355 e. The van der Waals surface area contributed by atoms with E-state index in [2.05, 4.69) is 17.6 Å². The Morgan fingerprint density at radius 3 is 2.79 bits per heavy atom. The van der Waals surface area contributed by atoms with Crippen LogP contribution in [0.5, 0.6) is 0 Å². The Hall–Kier alpha value is -0.570. The molecule has 0 heterocycles. The van der Waals surface area contributed by atoms with Crippen LogP contribution in [0.15, 0.2) is 0 Å². The lowest BCUT2D eigenvalue weighted by atomic mass is 10.2. The molecule has 0 aliphatic heterocycles. The first-order valence-corrected chi connectivity index (χ1v) is 5.80. The lowest BCUT2D eigenvalue weighted by Crippen LogP contribution is -2.34. The van der Waals surface area contributed by atoms with E-state index in [1.807, 2.05) is 0 Å². The summed E-state index contributed by atoms with van der Waals surface area (Å²) in [6.45, 7) is 4.34. The smallest absolute Gasteiger partial charge is 0.233 e. The molecule has 0 spiro atoms. The van der Waals surface area contributed by atoms with Gasteiger partial charge in [-0.3, -0.25) is 4.79 Å². The predicted octanol–water partition coefficient (Wildman–Crippen LogP) is 1.29. The van der Waals surface area contributed by atoms with E-state index < -0.39 is 0 Å². The zero-order chi connectivity index (χ0) is 10.2. The van der Waals surface area contributed by atoms with Crippen molar-refractivity contribution in [3.05, 3.63) is 0 Å². The Morgan fingerprint density at radius 2 is 2.14 bits per heavy atom. The summed E-state index contributed by atoms with van der Waals surface area (Å²) in [5, 5.41) is 6.01. The van der Waals surface area contributed by atoms with Gasteiger partial charge in [-0.2, -0.15) is 0 Å². The highest BCUT2D eigenvalue weighted by atomic mass is 16.1. The van der Waals surface area contributed by atoms with Crippen LogP contribution in [-0.2, 0) is 4.79 Å². The highest BCUT2D eigenvalue weighted by molar-refractivity contribution is 5.77.